The average Bonchev–Trinajstić information content (AvgIpc) is 3.09. The summed E-state index contributed by atoms with van der Waals surface area (Å²) in [5, 5.41) is 12.3. The van der Waals surface area contributed by atoms with Crippen LogP contribution in [0.2, 0.25) is 0 Å². The maximum Gasteiger partial charge on any atom is 0.407 e. The van der Waals surface area contributed by atoms with E-state index < -0.39 is 6.09 Å². The number of carbonyl (C=O) groups is 1. The average molecular weight is 364 g/mol. The standard InChI is InChI=1S/C22H24N2O3/c23-13-19-11-12-20(16-26-14-17-7-3-1-4-8-17)21(19)24-22(25)27-15-18-9-5-2-6-10-18/h1-10,19-21H,11-12,14-16H2,(H,24,25)/t19-,20+,21-/m1/s1. The number of nitriles is 1. The van der Waals surface area contributed by atoms with Crippen LogP contribution in [0.1, 0.15) is 24.0 Å². The fourth-order valence-electron chi connectivity index (χ4n) is 3.43. The van der Waals surface area contributed by atoms with E-state index in [2.05, 4.69) is 11.4 Å². The predicted octanol–water partition coefficient (Wildman–Crippen LogP) is 4.05. The number of alkyl carbamates (subject to hydrolysis) is 1. The summed E-state index contributed by atoms with van der Waals surface area (Å²) in [6.45, 7) is 1.25. The maximum atomic E-state index is 12.2. The van der Waals surface area contributed by atoms with Gasteiger partial charge in [-0.15, -0.1) is 0 Å². The van der Waals surface area contributed by atoms with Gasteiger partial charge >= 0.3 is 6.09 Å². The molecule has 0 spiro atoms. The summed E-state index contributed by atoms with van der Waals surface area (Å²) in [7, 11) is 0. The Morgan fingerprint density at radius 2 is 1.63 bits per heavy atom. The van der Waals surface area contributed by atoms with Crippen LogP contribution in [0.4, 0.5) is 4.79 Å². The SMILES string of the molecule is N#C[C@H]1CC[C@@H](COCc2ccccc2)[C@@H]1NC(=O)OCc1ccccc1. The first-order valence-electron chi connectivity index (χ1n) is 9.25. The summed E-state index contributed by atoms with van der Waals surface area (Å²) in [6, 6.07) is 21.6. The molecular formula is C22H24N2O3. The van der Waals surface area contributed by atoms with Crippen molar-refractivity contribution in [1.29, 1.82) is 5.26 Å². The van der Waals surface area contributed by atoms with Crippen molar-refractivity contribution in [2.75, 3.05) is 6.61 Å². The minimum atomic E-state index is -0.487. The number of hydrogen-bond donors (Lipinski definition) is 1. The first kappa shape index (κ1) is 18.9. The molecule has 3 atom stereocenters. The molecule has 0 bridgehead atoms. The number of hydrogen-bond acceptors (Lipinski definition) is 4. The van der Waals surface area contributed by atoms with Gasteiger partial charge < -0.3 is 14.8 Å². The number of rotatable bonds is 7. The molecule has 5 heteroatoms. The Hall–Kier alpha value is -2.84. The summed E-state index contributed by atoms with van der Waals surface area (Å²) < 4.78 is 11.1. The largest absolute Gasteiger partial charge is 0.445 e. The van der Waals surface area contributed by atoms with Crippen LogP contribution in [0.25, 0.3) is 0 Å². The van der Waals surface area contributed by atoms with E-state index >= 15 is 0 Å². The highest BCUT2D eigenvalue weighted by Gasteiger charge is 2.37. The van der Waals surface area contributed by atoms with Crippen molar-refractivity contribution in [2.24, 2.45) is 11.8 Å². The number of benzene rings is 2. The number of ether oxygens (including phenoxy) is 2. The molecule has 0 heterocycles. The molecule has 3 rings (SSSR count). The lowest BCUT2D eigenvalue weighted by molar-refractivity contribution is 0.0750. The van der Waals surface area contributed by atoms with Crippen molar-refractivity contribution in [2.45, 2.75) is 32.1 Å². The third kappa shape index (κ3) is 5.57. The zero-order valence-corrected chi connectivity index (χ0v) is 15.2. The van der Waals surface area contributed by atoms with Crippen molar-refractivity contribution < 1.29 is 14.3 Å². The van der Waals surface area contributed by atoms with Crippen LogP contribution in [0.15, 0.2) is 60.7 Å². The van der Waals surface area contributed by atoms with E-state index in [1.165, 1.54) is 0 Å². The van der Waals surface area contributed by atoms with Crippen LogP contribution < -0.4 is 5.32 Å². The fourth-order valence-corrected chi connectivity index (χ4v) is 3.43. The predicted molar refractivity (Wildman–Crippen MR) is 101 cm³/mol. The number of nitrogens with zero attached hydrogens (tertiary/aromatic N) is 1. The Bertz CT molecular complexity index is 758. The van der Waals surface area contributed by atoms with Gasteiger partial charge in [0.15, 0.2) is 0 Å². The smallest absolute Gasteiger partial charge is 0.407 e. The lowest BCUT2D eigenvalue weighted by atomic mass is 9.99. The molecule has 0 saturated heterocycles. The van der Waals surface area contributed by atoms with Crippen molar-refractivity contribution in [3.8, 4) is 6.07 Å². The molecule has 1 saturated carbocycles. The molecule has 27 heavy (non-hydrogen) atoms. The first-order chi connectivity index (χ1) is 13.3. The lowest BCUT2D eigenvalue weighted by Gasteiger charge is -2.22. The molecule has 0 radical (unpaired) electrons. The van der Waals surface area contributed by atoms with Crippen molar-refractivity contribution >= 4 is 6.09 Å². The first-order valence-corrected chi connectivity index (χ1v) is 9.25. The second kappa shape index (κ2) is 9.75. The molecule has 1 fully saturated rings. The van der Waals surface area contributed by atoms with Gasteiger partial charge in [0.05, 0.1) is 31.2 Å². The summed E-state index contributed by atoms with van der Waals surface area (Å²) in [6.07, 6.45) is 1.13. The minimum Gasteiger partial charge on any atom is -0.445 e. The highest BCUT2D eigenvalue weighted by atomic mass is 16.5. The third-order valence-electron chi connectivity index (χ3n) is 4.90. The van der Waals surface area contributed by atoms with Crippen LogP contribution >= 0.6 is 0 Å². The summed E-state index contributed by atoms with van der Waals surface area (Å²) >= 11 is 0. The van der Waals surface area contributed by atoms with Gasteiger partial charge in [-0.05, 0) is 24.0 Å². The van der Waals surface area contributed by atoms with Gasteiger partial charge in [0.1, 0.15) is 6.61 Å². The van der Waals surface area contributed by atoms with Crippen LogP contribution in [0.5, 0.6) is 0 Å². The Morgan fingerprint density at radius 3 is 2.26 bits per heavy atom. The molecule has 2 aromatic carbocycles. The molecule has 2 aromatic rings. The van der Waals surface area contributed by atoms with Gasteiger partial charge in [-0.1, -0.05) is 60.7 Å². The second-order valence-electron chi connectivity index (χ2n) is 6.81. The van der Waals surface area contributed by atoms with Gasteiger partial charge in [-0.3, -0.25) is 0 Å². The van der Waals surface area contributed by atoms with Gasteiger partial charge in [0.25, 0.3) is 0 Å². The van der Waals surface area contributed by atoms with Crippen LogP contribution in [0.3, 0.4) is 0 Å². The van der Waals surface area contributed by atoms with E-state index in [0.717, 1.165) is 24.0 Å². The fraction of sp³-hybridized carbons (Fsp3) is 0.364. The molecule has 0 aliphatic heterocycles. The number of carbonyl (C=O) groups excluding carboxylic acids is 1. The van der Waals surface area contributed by atoms with E-state index in [9.17, 15) is 10.1 Å². The molecule has 1 aliphatic carbocycles. The quantitative estimate of drug-likeness (QED) is 0.805. The summed E-state index contributed by atoms with van der Waals surface area (Å²) in [5.41, 5.74) is 2.04. The molecule has 0 unspecified atom stereocenters. The van der Waals surface area contributed by atoms with Crippen LogP contribution in [0, 0.1) is 23.2 Å². The van der Waals surface area contributed by atoms with Crippen molar-refractivity contribution in [1.82, 2.24) is 5.32 Å². The van der Waals surface area contributed by atoms with Crippen LogP contribution in [-0.2, 0) is 22.7 Å². The van der Waals surface area contributed by atoms with Crippen LogP contribution in [-0.4, -0.2) is 18.7 Å². The number of amides is 1. The van der Waals surface area contributed by atoms with E-state index in [1.807, 2.05) is 60.7 Å². The minimum absolute atomic E-state index is 0.114. The highest BCUT2D eigenvalue weighted by molar-refractivity contribution is 5.67. The van der Waals surface area contributed by atoms with Gasteiger partial charge in [-0.25, -0.2) is 4.79 Å². The molecule has 5 nitrogen and oxygen atoms in total. The Balaban J connectivity index is 1.49. The zero-order valence-electron chi connectivity index (χ0n) is 15.2. The van der Waals surface area contributed by atoms with Gasteiger partial charge in [0, 0.05) is 5.92 Å². The second-order valence-corrected chi connectivity index (χ2v) is 6.81. The highest BCUT2D eigenvalue weighted by Crippen LogP contribution is 2.31. The maximum absolute atomic E-state index is 12.2. The lowest BCUT2D eigenvalue weighted by Crippen LogP contribution is -2.42. The molecular weight excluding hydrogens is 340 g/mol. The topological polar surface area (TPSA) is 71.3 Å². The van der Waals surface area contributed by atoms with E-state index in [1.54, 1.807) is 0 Å². The number of nitrogens with one attached hydrogen (secondary N) is 1. The Morgan fingerprint density at radius 1 is 1.00 bits per heavy atom. The Labute approximate surface area is 159 Å². The molecule has 1 aliphatic rings. The molecule has 140 valence electrons. The summed E-state index contributed by atoms with van der Waals surface area (Å²) in [5.74, 6) is -0.0951. The van der Waals surface area contributed by atoms with E-state index in [4.69, 9.17) is 9.47 Å². The van der Waals surface area contributed by atoms with Gasteiger partial charge in [0.2, 0.25) is 0 Å². The normalized spacial score (nSPS) is 21.4. The van der Waals surface area contributed by atoms with E-state index in [0.29, 0.717) is 13.2 Å². The molecule has 0 aromatic heterocycles. The van der Waals surface area contributed by atoms with E-state index in [-0.39, 0.29) is 24.5 Å². The zero-order chi connectivity index (χ0) is 18.9. The van der Waals surface area contributed by atoms with Crippen molar-refractivity contribution in [3.05, 3.63) is 71.8 Å². The summed E-state index contributed by atoms with van der Waals surface area (Å²) in [4.78, 5) is 12.2. The molecule has 1 amide bonds. The monoisotopic (exact) mass is 364 g/mol. The van der Waals surface area contributed by atoms with Crippen molar-refractivity contribution in [3.63, 3.8) is 0 Å². The molecule has 1 N–H and O–H groups in total. The Kier molecular flexibility index (Phi) is 6.84. The van der Waals surface area contributed by atoms with Gasteiger partial charge in [-0.2, -0.15) is 5.26 Å². The third-order valence-corrected chi connectivity index (χ3v) is 4.90.